The molecule has 0 radical (unpaired) electrons. The summed E-state index contributed by atoms with van der Waals surface area (Å²) in [5.74, 6) is 0.228. The molecule has 3 rings (SSSR count). The number of hydrogen-bond donors (Lipinski definition) is 2. The number of nitrogens with one attached hydrogen (secondary N) is 2. The first-order valence-corrected chi connectivity index (χ1v) is 6.22. The average Bonchev–Trinajstić information content (AvgIpc) is 2.47. The van der Waals surface area contributed by atoms with Crippen LogP contribution in [0.3, 0.4) is 0 Å². The topological polar surface area (TPSA) is 70.7 Å². The lowest BCUT2D eigenvalue weighted by Crippen LogP contribution is -2.09. The van der Waals surface area contributed by atoms with Gasteiger partial charge in [0.2, 0.25) is 0 Å². The lowest BCUT2D eigenvalue weighted by molar-refractivity contribution is -0.137. The average molecular weight is 343 g/mol. The fourth-order valence-corrected chi connectivity index (χ4v) is 1.99. The van der Waals surface area contributed by atoms with Crippen molar-refractivity contribution in [3.8, 4) is 0 Å². The number of nitrogens with zero attached hydrogens (tertiary/aromatic N) is 2. The number of pyridine rings is 1. The van der Waals surface area contributed by atoms with Gasteiger partial charge in [-0.25, -0.2) is 9.97 Å². The van der Waals surface area contributed by atoms with Gasteiger partial charge in [-0.15, -0.1) is 12.4 Å². The number of rotatable bonds is 2. The number of aromatic nitrogens is 3. The van der Waals surface area contributed by atoms with Crippen LogP contribution in [0.5, 0.6) is 0 Å². The number of benzene rings is 1. The second-order valence-electron chi connectivity index (χ2n) is 4.49. The second kappa shape index (κ2) is 6.25. The summed E-state index contributed by atoms with van der Waals surface area (Å²) in [6.07, 6.45) is -1.66. The van der Waals surface area contributed by atoms with E-state index in [-0.39, 0.29) is 29.2 Å². The van der Waals surface area contributed by atoms with E-state index in [0.29, 0.717) is 11.2 Å². The molecular formula is C14H10ClF3N4O. The van der Waals surface area contributed by atoms with Crippen LogP contribution in [0.25, 0.3) is 10.9 Å². The maximum Gasteiger partial charge on any atom is 0.416 e. The van der Waals surface area contributed by atoms with Crippen molar-refractivity contribution in [3.63, 3.8) is 0 Å². The molecule has 0 unspecified atom stereocenters. The van der Waals surface area contributed by atoms with Crippen molar-refractivity contribution in [2.24, 2.45) is 0 Å². The molecule has 23 heavy (non-hydrogen) atoms. The Labute approximate surface area is 134 Å². The molecule has 0 spiro atoms. The molecule has 2 aromatic heterocycles. The van der Waals surface area contributed by atoms with E-state index in [1.165, 1.54) is 24.7 Å². The highest BCUT2D eigenvalue weighted by atomic mass is 35.5. The predicted molar refractivity (Wildman–Crippen MR) is 82.1 cm³/mol. The van der Waals surface area contributed by atoms with Crippen LogP contribution in [0, 0.1) is 0 Å². The number of fused-ring (bicyclic) bond motifs is 1. The normalized spacial score (nSPS) is 11.1. The fourth-order valence-electron chi connectivity index (χ4n) is 1.99. The predicted octanol–water partition coefficient (Wildman–Crippen LogP) is 3.50. The molecule has 0 aliphatic heterocycles. The minimum Gasteiger partial charge on any atom is -0.339 e. The molecule has 0 bridgehead atoms. The first kappa shape index (κ1) is 16.8. The van der Waals surface area contributed by atoms with Crippen LogP contribution in [-0.2, 0) is 6.18 Å². The van der Waals surface area contributed by atoms with Gasteiger partial charge in [0.15, 0.2) is 0 Å². The van der Waals surface area contributed by atoms with E-state index in [2.05, 4.69) is 20.3 Å². The zero-order valence-electron chi connectivity index (χ0n) is 11.4. The number of H-pyrrole nitrogens is 1. The van der Waals surface area contributed by atoms with E-state index in [1.807, 2.05) is 0 Å². The van der Waals surface area contributed by atoms with Gasteiger partial charge in [-0.2, -0.15) is 13.2 Å². The molecule has 3 aromatic rings. The molecule has 120 valence electrons. The fraction of sp³-hybridized carbons (Fsp3) is 0.0714. The van der Waals surface area contributed by atoms with Crippen molar-refractivity contribution in [1.82, 2.24) is 15.0 Å². The third kappa shape index (κ3) is 3.42. The first-order chi connectivity index (χ1) is 10.4. The molecule has 5 nitrogen and oxygen atoms in total. The van der Waals surface area contributed by atoms with E-state index in [1.54, 1.807) is 6.07 Å². The summed E-state index contributed by atoms with van der Waals surface area (Å²) >= 11 is 0. The molecule has 9 heteroatoms. The van der Waals surface area contributed by atoms with Gasteiger partial charge in [0.25, 0.3) is 5.56 Å². The number of aromatic amines is 1. The van der Waals surface area contributed by atoms with Gasteiger partial charge in [-0.1, -0.05) is 0 Å². The molecule has 2 N–H and O–H groups in total. The number of halogens is 4. The van der Waals surface area contributed by atoms with Crippen molar-refractivity contribution in [3.05, 3.63) is 58.8 Å². The van der Waals surface area contributed by atoms with Gasteiger partial charge in [0, 0.05) is 11.9 Å². The minimum absolute atomic E-state index is 0. The van der Waals surface area contributed by atoms with Crippen molar-refractivity contribution < 1.29 is 13.2 Å². The Morgan fingerprint density at radius 2 is 1.74 bits per heavy atom. The van der Waals surface area contributed by atoms with Crippen LogP contribution in [0.4, 0.5) is 24.7 Å². The van der Waals surface area contributed by atoms with Crippen molar-refractivity contribution in [2.75, 3.05) is 5.32 Å². The van der Waals surface area contributed by atoms with Crippen LogP contribution in [0.15, 0.2) is 47.7 Å². The van der Waals surface area contributed by atoms with E-state index in [4.69, 9.17) is 0 Å². The maximum atomic E-state index is 12.5. The van der Waals surface area contributed by atoms with Crippen molar-refractivity contribution >= 4 is 34.8 Å². The zero-order valence-corrected chi connectivity index (χ0v) is 12.2. The molecular weight excluding hydrogens is 333 g/mol. The Morgan fingerprint density at radius 1 is 1.04 bits per heavy atom. The van der Waals surface area contributed by atoms with Crippen LogP contribution in [0.2, 0.25) is 0 Å². The molecule has 1 aromatic carbocycles. The largest absolute Gasteiger partial charge is 0.416 e. The molecule has 0 aliphatic rings. The highest BCUT2D eigenvalue weighted by molar-refractivity contribution is 5.89. The Bertz CT molecular complexity index is 872. The third-order valence-corrected chi connectivity index (χ3v) is 3.03. The van der Waals surface area contributed by atoms with E-state index in [0.717, 1.165) is 12.1 Å². The molecule has 0 saturated heterocycles. The third-order valence-electron chi connectivity index (χ3n) is 3.03. The van der Waals surface area contributed by atoms with E-state index in [9.17, 15) is 18.0 Å². The van der Waals surface area contributed by atoms with Crippen LogP contribution in [0.1, 0.15) is 5.56 Å². The first-order valence-electron chi connectivity index (χ1n) is 6.22. The standard InChI is InChI=1S/C14H9F3N4O.ClH/c15-14(16,17)8-1-3-9(4-2-8)21-12-11-10(19-7-20-12)5-6-18-13(11)22;/h1-7H,(H,18,22)(H,19,20,21);1H. The van der Waals surface area contributed by atoms with Crippen molar-refractivity contribution in [1.29, 1.82) is 0 Å². The highest BCUT2D eigenvalue weighted by Crippen LogP contribution is 2.30. The monoisotopic (exact) mass is 342 g/mol. The maximum absolute atomic E-state index is 12.5. The zero-order chi connectivity index (χ0) is 15.7. The Kier molecular flexibility index (Phi) is 4.55. The SMILES string of the molecule is Cl.O=c1[nH]ccc2ncnc(Nc3ccc(C(F)(F)F)cc3)c12. The quantitative estimate of drug-likeness (QED) is 0.747. The molecule has 0 atom stereocenters. The van der Waals surface area contributed by atoms with Gasteiger partial charge in [0.1, 0.15) is 17.5 Å². The lowest BCUT2D eigenvalue weighted by Gasteiger charge is -2.10. The summed E-state index contributed by atoms with van der Waals surface area (Å²) in [4.78, 5) is 22.3. The Hall–Kier alpha value is -2.61. The summed E-state index contributed by atoms with van der Waals surface area (Å²) in [6.45, 7) is 0. The molecule has 0 amide bonds. The summed E-state index contributed by atoms with van der Waals surface area (Å²) in [7, 11) is 0. The van der Waals surface area contributed by atoms with E-state index >= 15 is 0 Å². The number of alkyl halides is 3. The number of hydrogen-bond acceptors (Lipinski definition) is 4. The van der Waals surface area contributed by atoms with Crippen LogP contribution >= 0.6 is 12.4 Å². The van der Waals surface area contributed by atoms with E-state index < -0.39 is 11.7 Å². The summed E-state index contributed by atoms with van der Waals surface area (Å²) in [6, 6.07) is 6.06. The number of anilines is 2. The molecule has 2 heterocycles. The molecule has 0 fully saturated rings. The minimum atomic E-state index is -4.39. The van der Waals surface area contributed by atoms with Gasteiger partial charge in [-0.05, 0) is 30.3 Å². The van der Waals surface area contributed by atoms with Gasteiger partial charge >= 0.3 is 6.18 Å². The van der Waals surface area contributed by atoms with Crippen LogP contribution < -0.4 is 10.9 Å². The summed E-state index contributed by atoms with van der Waals surface area (Å²) in [5.41, 5.74) is -0.305. The van der Waals surface area contributed by atoms with Crippen LogP contribution in [-0.4, -0.2) is 15.0 Å². The molecule has 0 aliphatic carbocycles. The smallest absolute Gasteiger partial charge is 0.339 e. The Balaban J connectivity index is 0.00000192. The van der Waals surface area contributed by atoms with Crippen molar-refractivity contribution in [2.45, 2.75) is 6.18 Å². The summed E-state index contributed by atoms with van der Waals surface area (Å²) in [5, 5.41) is 3.07. The summed E-state index contributed by atoms with van der Waals surface area (Å²) < 4.78 is 37.6. The second-order valence-corrected chi connectivity index (χ2v) is 4.49. The Morgan fingerprint density at radius 3 is 2.39 bits per heavy atom. The van der Waals surface area contributed by atoms with Gasteiger partial charge < -0.3 is 10.3 Å². The molecule has 0 saturated carbocycles. The highest BCUT2D eigenvalue weighted by Gasteiger charge is 2.29. The van der Waals surface area contributed by atoms with Gasteiger partial charge in [-0.3, -0.25) is 4.79 Å². The van der Waals surface area contributed by atoms with Gasteiger partial charge in [0.05, 0.1) is 11.1 Å². The lowest BCUT2D eigenvalue weighted by atomic mass is 10.2.